The van der Waals surface area contributed by atoms with Crippen molar-refractivity contribution in [3.05, 3.63) is 173 Å². The number of carbonyl (C=O) groups is 14. The molecule has 0 aliphatic carbocycles. The second-order valence-corrected chi connectivity index (χ2v) is 29.6. The molecule has 0 unspecified atom stereocenters. The van der Waals surface area contributed by atoms with Gasteiger partial charge in [0.05, 0.1) is 6.61 Å². The van der Waals surface area contributed by atoms with Gasteiger partial charge in [-0.15, -0.1) is 0 Å². The summed E-state index contributed by atoms with van der Waals surface area (Å²) in [6.45, 7) is 12.2. The summed E-state index contributed by atoms with van der Waals surface area (Å²) in [5, 5.41) is 46.0. The summed E-state index contributed by atoms with van der Waals surface area (Å²) in [6, 6.07) is 22.2. The summed E-state index contributed by atoms with van der Waals surface area (Å²) in [4.78, 5) is 204. The van der Waals surface area contributed by atoms with Crippen molar-refractivity contribution in [2.75, 3.05) is 37.4 Å². The van der Waals surface area contributed by atoms with Gasteiger partial charge < -0.3 is 84.4 Å². The highest BCUT2D eigenvalue weighted by Gasteiger charge is 2.41. The summed E-state index contributed by atoms with van der Waals surface area (Å²) in [5.74, 6) is -11.3. The molecule has 15 N–H and O–H groups in total. The van der Waals surface area contributed by atoms with Crippen LogP contribution in [0.3, 0.4) is 0 Å². The minimum Gasteiger partial charge on any atom is -0.394 e. The van der Waals surface area contributed by atoms with Crippen molar-refractivity contribution >= 4 is 116 Å². The fraction of sp³-hybridized carbons (Fsp3) is 0.427. The number of halogens is 1. The van der Waals surface area contributed by atoms with Gasteiger partial charge in [0.1, 0.15) is 54.4 Å². The number of anilines is 2. The lowest BCUT2D eigenvalue weighted by Gasteiger charge is -2.33. The molecule has 0 bridgehead atoms. The highest BCUT2D eigenvalue weighted by atomic mass is 35.5. The molecule has 610 valence electrons. The Morgan fingerprint density at radius 1 is 0.518 bits per heavy atom. The molecule has 14 amide bonds. The Bertz CT molecular complexity index is 4360. The molecule has 2 heterocycles. The number of nitrogens with two attached hydrogens (primary N) is 1. The molecule has 0 saturated carbocycles. The third-order valence-corrected chi connectivity index (χ3v) is 19.1. The van der Waals surface area contributed by atoms with Gasteiger partial charge in [0, 0.05) is 108 Å². The smallest absolute Gasteiger partial charge is 0.264 e. The number of nitrogens with one attached hydrogen (secondary N) is 12. The fourth-order valence-electron chi connectivity index (χ4n) is 12.9. The number of aliphatic hydroxyl groups excluding tert-OH is 1. The Hall–Kier alpha value is -11.7. The van der Waals surface area contributed by atoms with E-state index >= 15 is 14.4 Å². The minimum atomic E-state index is -1.90. The van der Waals surface area contributed by atoms with Crippen LogP contribution in [0.2, 0.25) is 5.02 Å². The largest absolute Gasteiger partial charge is 0.394 e. The van der Waals surface area contributed by atoms with E-state index in [0.29, 0.717) is 70.0 Å². The normalized spacial score (nSPS) is 14.9. The van der Waals surface area contributed by atoms with Crippen LogP contribution in [-0.4, -0.2) is 196 Å². The quantitative estimate of drug-likeness (QED) is 0.0194. The average molecular weight is 1590 g/mol. The molecule has 6 aromatic rings. The molecular formula is C82H105ClN16O15. The Kier molecular flexibility index (Phi) is 34.5. The minimum absolute atomic E-state index is 0.0149. The van der Waals surface area contributed by atoms with E-state index in [2.05, 4.69) is 68.8 Å². The first-order valence-electron chi connectivity index (χ1n) is 38.0. The summed E-state index contributed by atoms with van der Waals surface area (Å²) < 4.78 is 0. The van der Waals surface area contributed by atoms with Gasteiger partial charge in [-0.05, 0) is 133 Å². The molecule has 7 rings (SSSR count). The highest BCUT2D eigenvalue weighted by molar-refractivity contribution is 6.30. The number of likely N-dealkylation sites (tertiary alicyclic amines) is 1. The molecule has 0 spiro atoms. The van der Waals surface area contributed by atoms with E-state index in [-0.39, 0.29) is 69.9 Å². The van der Waals surface area contributed by atoms with E-state index in [4.69, 9.17) is 17.3 Å². The van der Waals surface area contributed by atoms with E-state index in [1.165, 1.54) is 76.3 Å². The van der Waals surface area contributed by atoms with Crippen molar-refractivity contribution in [2.24, 2.45) is 11.7 Å². The van der Waals surface area contributed by atoms with Gasteiger partial charge in [-0.3, -0.25) is 72.1 Å². The standard InChI is InChI=1S/C82H105ClN16O15/c1-47(2)38-71(104)98(9)73(81(113)91-63(19-12-13-36-86-48(3)4)82(114)99-37-15-20-70(99)80(112)87-49(5)72(84)105)97-78(110)67(42-55-26-33-62(34-27-55)89-51(7)102)93-76(108)66(41-54-24-31-61(32-25-54)88-50(6)101)95-79(111)69(46-100)96-77(109)68(44-57-16-14-35-85-45-57)94-75(107)65(40-53-22-29-60(83)30-23-53)92-74(106)64(90-52(8)103)43-56-21-28-58-17-10-11-18-59(58)39-56/h10-11,14,16-18,21-35,39,45,47-49,63-70,73,86,100H,12-13,15,19-20,36-38,40-44,46H2,1-9H3,(H2,84,105)(H,87,112)(H,88,101)(H,89,102)(H,90,103)(H,91,113)(H,92,106)(H,93,108)(H,94,107)(H,95,111)(H,96,109)(H,97,110)/t49-,63+,64-,65-,66+,67-,68-,69+,70-,73+/m1/s1. The average Bonchev–Trinajstić information content (AvgIpc) is 0.858. The number of nitrogens with zero attached hydrogens (tertiary/aromatic N) is 3. The van der Waals surface area contributed by atoms with Gasteiger partial charge in [-0.25, -0.2) is 0 Å². The molecule has 1 aliphatic rings. The summed E-state index contributed by atoms with van der Waals surface area (Å²) >= 11 is 6.27. The number of aromatic nitrogens is 1. The number of likely N-dealkylation sites (N-methyl/N-ethyl adjacent to an activating group) is 1. The van der Waals surface area contributed by atoms with Gasteiger partial charge in [0.25, 0.3) is 5.91 Å². The third kappa shape index (κ3) is 28.5. The predicted octanol–water partition coefficient (Wildman–Crippen LogP) is 2.82. The maximum Gasteiger partial charge on any atom is 0.264 e. The van der Waals surface area contributed by atoms with Gasteiger partial charge >= 0.3 is 0 Å². The van der Waals surface area contributed by atoms with Crippen LogP contribution in [0, 0.1) is 5.92 Å². The molecule has 114 heavy (non-hydrogen) atoms. The van der Waals surface area contributed by atoms with Crippen molar-refractivity contribution in [3.63, 3.8) is 0 Å². The molecule has 31 nitrogen and oxygen atoms in total. The van der Waals surface area contributed by atoms with Gasteiger partial charge in [-0.2, -0.15) is 0 Å². The Morgan fingerprint density at radius 3 is 1.46 bits per heavy atom. The molecule has 0 radical (unpaired) electrons. The van der Waals surface area contributed by atoms with Crippen LogP contribution in [0.1, 0.15) is 122 Å². The lowest BCUT2D eigenvalue weighted by Crippen LogP contribution is -2.64. The van der Waals surface area contributed by atoms with Crippen LogP contribution in [0.15, 0.2) is 140 Å². The molecule has 5 aromatic carbocycles. The van der Waals surface area contributed by atoms with Crippen molar-refractivity contribution in [1.82, 2.24) is 68.0 Å². The zero-order chi connectivity index (χ0) is 83.3. The van der Waals surface area contributed by atoms with Crippen LogP contribution in [0.25, 0.3) is 10.8 Å². The molecular weight excluding hydrogens is 1480 g/mol. The van der Waals surface area contributed by atoms with E-state index in [1.54, 1.807) is 74.5 Å². The number of amides is 14. The highest BCUT2D eigenvalue weighted by Crippen LogP contribution is 2.23. The first kappa shape index (κ1) is 89.5. The molecule has 32 heteroatoms. The van der Waals surface area contributed by atoms with Crippen molar-refractivity contribution in [3.8, 4) is 0 Å². The Labute approximate surface area is 667 Å². The number of hydrogen-bond acceptors (Lipinski definition) is 17. The Balaban J connectivity index is 1.21. The second-order valence-electron chi connectivity index (χ2n) is 29.2. The molecule has 1 aliphatic heterocycles. The zero-order valence-electron chi connectivity index (χ0n) is 65.6. The zero-order valence-corrected chi connectivity index (χ0v) is 66.3. The summed E-state index contributed by atoms with van der Waals surface area (Å²) in [7, 11) is 1.27. The van der Waals surface area contributed by atoms with E-state index in [0.717, 1.165) is 15.7 Å². The van der Waals surface area contributed by atoms with Crippen LogP contribution in [0.5, 0.6) is 0 Å². The number of unbranched alkanes of at least 4 members (excludes halogenated alkanes) is 1. The first-order chi connectivity index (χ1) is 54.2. The van der Waals surface area contributed by atoms with Crippen LogP contribution < -0.4 is 69.5 Å². The third-order valence-electron chi connectivity index (χ3n) is 18.8. The summed E-state index contributed by atoms with van der Waals surface area (Å²) in [5.41, 5.74) is 8.57. The van der Waals surface area contributed by atoms with Crippen molar-refractivity contribution in [1.29, 1.82) is 0 Å². The van der Waals surface area contributed by atoms with Crippen LogP contribution in [0.4, 0.5) is 11.4 Å². The van der Waals surface area contributed by atoms with E-state index in [9.17, 15) is 57.8 Å². The number of pyridine rings is 1. The number of aliphatic hydroxyl groups is 1. The van der Waals surface area contributed by atoms with Crippen LogP contribution >= 0.6 is 11.6 Å². The number of fused-ring (bicyclic) bond motifs is 1. The second kappa shape index (κ2) is 43.9. The predicted molar refractivity (Wildman–Crippen MR) is 429 cm³/mol. The molecule has 10 atom stereocenters. The number of benzene rings is 5. The van der Waals surface area contributed by atoms with E-state index in [1.807, 2.05) is 56.3 Å². The van der Waals surface area contributed by atoms with Gasteiger partial charge in [-0.1, -0.05) is 124 Å². The lowest BCUT2D eigenvalue weighted by atomic mass is 9.99. The van der Waals surface area contributed by atoms with Crippen molar-refractivity contribution < 1.29 is 72.2 Å². The number of primary amides is 1. The number of rotatable bonds is 41. The van der Waals surface area contributed by atoms with Gasteiger partial charge in [0.2, 0.25) is 76.8 Å². The first-order valence-corrected chi connectivity index (χ1v) is 38.4. The van der Waals surface area contributed by atoms with Gasteiger partial charge in [0.15, 0.2) is 6.17 Å². The molecule has 1 saturated heterocycles. The number of carbonyl (C=O) groups excluding carboxylic acids is 14. The maximum atomic E-state index is 15.4. The monoisotopic (exact) mass is 1590 g/mol. The van der Waals surface area contributed by atoms with Crippen LogP contribution in [-0.2, 0) is 99.2 Å². The number of hydrogen-bond donors (Lipinski definition) is 14. The fourth-order valence-corrected chi connectivity index (χ4v) is 13.0. The summed E-state index contributed by atoms with van der Waals surface area (Å²) in [6.07, 6.45) is 1.27. The maximum absolute atomic E-state index is 15.4. The van der Waals surface area contributed by atoms with E-state index < -0.39 is 150 Å². The van der Waals surface area contributed by atoms with Crippen molar-refractivity contribution in [2.45, 2.75) is 193 Å². The Morgan fingerprint density at radius 2 is 0.982 bits per heavy atom. The molecule has 1 fully saturated rings. The topological polar surface area (TPSA) is 449 Å². The molecule has 1 aromatic heterocycles. The SMILES string of the molecule is CC(=O)Nc1ccc(C[C@H](NC(=O)[C@H](CO)NC(=O)[C@@H](Cc2cccnc2)NC(=O)[C@@H](Cc2ccc(Cl)cc2)NC(=O)[C@@H](Cc2ccc3ccccc3c2)NC(C)=O)C(=O)N[C@H](Cc2ccc(NC(C)=O)cc2)C(=O)N[C@H](C(=O)N[C@@H](CCCCNC(C)C)C(=O)N2CCC[C@@H]2C(=O)N[C@H](C)C(N)=O)N(C)C(=O)CC(C)C)cc1. The lowest BCUT2D eigenvalue weighted by molar-refractivity contribution is -0.146.